The van der Waals surface area contributed by atoms with Crippen LogP contribution in [-0.4, -0.2) is 35.8 Å². The Labute approximate surface area is 133 Å². The van der Waals surface area contributed by atoms with Gasteiger partial charge in [-0.1, -0.05) is 12.1 Å². The van der Waals surface area contributed by atoms with Crippen molar-refractivity contribution in [1.82, 2.24) is 9.97 Å². The first kappa shape index (κ1) is 13.7. The van der Waals surface area contributed by atoms with Gasteiger partial charge < -0.3 is 9.64 Å². The lowest BCUT2D eigenvalue weighted by Crippen LogP contribution is -2.41. The van der Waals surface area contributed by atoms with Gasteiger partial charge in [-0.3, -0.25) is 0 Å². The Bertz CT molecular complexity index is 788. The Morgan fingerprint density at radius 1 is 1.23 bits per heavy atom. The monoisotopic (exact) mass is 311 g/mol. The molecule has 3 heterocycles. The van der Waals surface area contributed by atoms with E-state index in [1.165, 1.54) is 0 Å². The lowest BCUT2D eigenvalue weighted by molar-refractivity contribution is 0.0530. The summed E-state index contributed by atoms with van der Waals surface area (Å²) < 4.78 is 5.66. The van der Waals surface area contributed by atoms with Crippen molar-refractivity contribution >= 4 is 28.1 Å². The molecule has 3 aromatic rings. The second-order valence-corrected chi connectivity index (χ2v) is 6.31. The first-order valence-electron chi connectivity index (χ1n) is 7.47. The van der Waals surface area contributed by atoms with E-state index in [-0.39, 0.29) is 6.10 Å². The molecule has 0 radical (unpaired) electrons. The summed E-state index contributed by atoms with van der Waals surface area (Å²) in [5.41, 5.74) is 2.08. The topological polar surface area (TPSA) is 38.2 Å². The molecule has 0 spiro atoms. The van der Waals surface area contributed by atoms with Gasteiger partial charge in [0.2, 0.25) is 0 Å². The van der Waals surface area contributed by atoms with Crippen LogP contribution in [0.3, 0.4) is 0 Å². The number of ether oxygens (including phenoxy) is 1. The van der Waals surface area contributed by atoms with Crippen molar-refractivity contribution in [1.29, 1.82) is 0 Å². The predicted octanol–water partition coefficient (Wildman–Crippen LogP) is 3.58. The van der Waals surface area contributed by atoms with E-state index in [0.717, 1.165) is 47.8 Å². The van der Waals surface area contributed by atoms with E-state index in [0.29, 0.717) is 0 Å². The Kier molecular flexibility index (Phi) is 3.52. The zero-order chi connectivity index (χ0) is 14.9. The first-order valence-corrected chi connectivity index (χ1v) is 8.41. The molecule has 22 heavy (non-hydrogen) atoms. The number of hydrogen-bond donors (Lipinski definition) is 0. The maximum absolute atomic E-state index is 5.66. The fourth-order valence-corrected chi connectivity index (χ4v) is 3.47. The highest BCUT2D eigenvalue weighted by Crippen LogP contribution is 2.29. The van der Waals surface area contributed by atoms with E-state index in [1.54, 1.807) is 11.3 Å². The van der Waals surface area contributed by atoms with Gasteiger partial charge in [0.15, 0.2) is 5.82 Å². The lowest BCUT2D eigenvalue weighted by Gasteiger charge is -2.32. The molecule has 0 unspecified atom stereocenters. The molecular formula is C17H17N3OS. The number of rotatable bonds is 2. The van der Waals surface area contributed by atoms with Crippen LogP contribution in [0.4, 0.5) is 5.82 Å². The summed E-state index contributed by atoms with van der Waals surface area (Å²) in [5, 5.41) is 5.26. The number of thiophene rings is 1. The summed E-state index contributed by atoms with van der Waals surface area (Å²) in [6.45, 7) is 4.58. The van der Waals surface area contributed by atoms with Gasteiger partial charge in [0, 0.05) is 29.4 Å². The molecule has 0 amide bonds. The Morgan fingerprint density at radius 3 is 2.95 bits per heavy atom. The average Bonchev–Trinajstić information content (AvgIpc) is 3.08. The summed E-state index contributed by atoms with van der Waals surface area (Å²) in [6, 6.07) is 10.3. The van der Waals surface area contributed by atoms with E-state index in [9.17, 15) is 0 Å². The molecule has 2 aromatic heterocycles. The van der Waals surface area contributed by atoms with Crippen molar-refractivity contribution in [2.75, 3.05) is 24.6 Å². The highest BCUT2D eigenvalue weighted by atomic mass is 32.1. The molecule has 0 saturated carbocycles. The number of fused-ring (bicyclic) bond motifs is 1. The Morgan fingerprint density at radius 2 is 2.14 bits per heavy atom. The summed E-state index contributed by atoms with van der Waals surface area (Å²) in [4.78, 5) is 11.9. The van der Waals surface area contributed by atoms with E-state index < -0.39 is 0 Å². The molecule has 0 N–H and O–H groups in total. The van der Waals surface area contributed by atoms with E-state index >= 15 is 0 Å². The van der Waals surface area contributed by atoms with Gasteiger partial charge in [-0.15, -0.1) is 0 Å². The molecule has 1 aromatic carbocycles. The average molecular weight is 311 g/mol. The standard InChI is InChI=1S/C17H17N3OS/c1-12-10-20(7-8-21-12)17-14-4-2-3-5-15(14)18-16(19-17)13-6-9-22-11-13/h2-6,9,11-12H,7-8,10H2,1H3/t12-/m0/s1. The van der Waals surface area contributed by atoms with Crippen LogP contribution in [-0.2, 0) is 4.74 Å². The van der Waals surface area contributed by atoms with Crippen molar-refractivity contribution in [3.05, 3.63) is 41.1 Å². The number of para-hydroxylation sites is 1. The van der Waals surface area contributed by atoms with Crippen molar-refractivity contribution in [2.45, 2.75) is 13.0 Å². The van der Waals surface area contributed by atoms with Crippen molar-refractivity contribution in [3.63, 3.8) is 0 Å². The third-order valence-corrected chi connectivity index (χ3v) is 4.59. The maximum atomic E-state index is 5.66. The van der Waals surface area contributed by atoms with Crippen LogP contribution in [0, 0.1) is 0 Å². The summed E-state index contributed by atoms with van der Waals surface area (Å²) in [7, 11) is 0. The van der Waals surface area contributed by atoms with Gasteiger partial charge in [0.05, 0.1) is 18.2 Å². The maximum Gasteiger partial charge on any atom is 0.162 e. The van der Waals surface area contributed by atoms with Crippen LogP contribution < -0.4 is 4.90 Å². The van der Waals surface area contributed by atoms with Gasteiger partial charge in [-0.25, -0.2) is 9.97 Å². The van der Waals surface area contributed by atoms with Gasteiger partial charge >= 0.3 is 0 Å². The number of nitrogens with zero attached hydrogens (tertiary/aromatic N) is 3. The molecule has 1 atom stereocenters. The minimum atomic E-state index is 0.229. The second kappa shape index (κ2) is 5.66. The third-order valence-electron chi connectivity index (χ3n) is 3.90. The molecule has 0 bridgehead atoms. The molecule has 4 rings (SSSR count). The molecular weight excluding hydrogens is 294 g/mol. The molecule has 112 valence electrons. The summed E-state index contributed by atoms with van der Waals surface area (Å²) in [5.74, 6) is 1.82. The molecule has 1 aliphatic rings. The minimum Gasteiger partial charge on any atom is -0.375 e. The number of hydrogen-bond acceptors (Lipinski definition) is 5. The molecule has 1 saturated heterocycles. The normalized spacial score (nSPS) is 18.8. The van der Waals surface area contributed by atoms with Crippen LogP contribution in [0.1, 0.15) is 6.92 Å². The smallest absolute Gasteiger partial charge is 0.162 e. The number of morpholine rings is 1. The number of benzene rings is 1. The van der Waals surface area contributed by atoms with Crippen LogP contribution in [0.25, 0.3) is 22.3 Å². The highest BCUT2D eigenvalue weighted by Gasteiger charge is 2.21. The fraction of sp³-hybridized carbons (Fsp3) is 0.294. The highest BCUT2D eigenvalue weighted by molar-refractivity contribution is 7.08. The van der Waals surface area contributed by atoms with Crippen LogP contribution in [0.2, 0.25) is 0 Å². The molecule has 0 aliphatic carbocycles. The van der Waals surface area contributed by atoms with Crippen molar-refractivity contribution < 1.29 is 4.74 Å². The predicted molar refractivity (Wildman–Crippen MR) is 90.5 cm³/mol. The SMILES string of the molecule is C[C@H]1CN(c2nc(-c3ccsc3)nc3ccccc23)CCO1. The molecule has 1 fully saturated rings. The van der Waals surface area contributed by atoms with E-state index in [2.05, 4.69) is 40.8 Å². The molecule has 1 aliphatic heterocycles. The third kappa shape index (κ3) is 2.46. The molecule has 4 nitrogen and oxygen atoms in total. The number of anilines is 1. The Balaban J connectivity index is 1.87. The van der Waals surface area contributed by atoms with Crippen LogP contribution in [0.15, 0.2) is 41.1 Å². The van der Waals surface area contributed by atoms with Crippen LogP contribution >= 0.6 is 11.3 Å². The lowest BCUT2D eigenvalue weighted by atomic mass is 10.2. The zero-order valence-corrected chi connectivity index (χ0v) is 13.2. The van der Waals surface area contributed by atoms with E-state index in [1.807, 2.05) is 12.1 Å². The quantitative estimate of drug-likeness (QED) is 0.725. The summed E-state index contributed by atoms with van der Waals surface area (Å²) in [6.07, 6.45) is 0.229. The van der Waals surface area contributed by atoms with Crippen molar-refractivity contribution in [2.24, 2.45) is 0 Å². The largest absolute Gasteiger partial charge is 0.375 e. The fourth-order valence-electron chi connectivity index (χ4n) is 2.83. The van der Waals surface area contributed by atoms with E-state index in [4.69, 9.17) is 14.7 Å². The van der Waals surface area contributed by atoms with Gasteiger partial charge in [0.1, 0.15) is 5.82 Å². The number of aromatic nitrogens is 2. The first-order chi connectivity index (χ1) is 10.8. The minimum absolute atomic E-state index is 0.229. The van der Waals surface area contributed by atoms with Gasteiger partial charge in [-0.2, -0.15) is 11.3 Å². The van der Waals surface area contributed by atoms with Gasteiger partial charge in [0.25, 0.3) is 0 Å². The van der Waals surface area contributed by atoms with Crippen LogP contribution in [0.5, 0.6) is 0 Å². The van der Waals surface area contributed by atoms with Crippen molar-refractivity contribution in [3.8, 4) is 11.4 Å². The zero-order valence-electron chi connectivity index (χ0n) is 12.4. The second-order valence-electron chi connectivity index (χ2n) is 5.53. The van der Waals surface area contributed by atoms with Gasteiger partial charge in [-0.05, 0) is 30.5 Å². The molecule has 5 heteroatoms. The Hall–Kier alpha value is -1.98. The summed E-state index contributed by atoms with van der Waals surface area (Å²) >= 11 is 1.67.